The maximum atomic E-state index is 7.00. The molecule has 0 aliphatic heterocycles. The third-order valence-corrected chi connectivity index (χ3v) is 5.37. The molecule has 0 heterocycles. The van der Waals surface area contributed by atoms with Crippen molar-refractivity contribution in [1.82, 2.24) is 0 Å². The lowest BCUT2D eigenvalue weighted by molar-refractivity contribution is 0.193. The van der Waals surface area contributed by atoms with Gasteiger partial charge in [0.1, 0.15) is 0 Å². The predicted molar refractivity (Wildman–Crippen MR) is 118 cm³/mol. The minimum absolute atomic E-state index is 0. The highest BCUT2D eigenvalue weighted by Crippen LogP contribution is 2.34. The molecule has 142 valence electrons. The molecular formula is C21H46IN. The zero-order valence-electron chi connectivity index (χ0n) is 16.7. The summed E-state index contributed by atoms with van der Waals surface area (Å²) in [6.07, 6.45) is 20.0. The molecule has 2 N–H and O–H groups in total. The fourth-order valence-corrected chi connectivity index (χ4v) is 3.71. The molecule has 0 bridgehead atoms. The summed E-state index contributed by atoms with van der Waals surface area (Å²) >= 11 is 0. The molecular weight excluding hydrogens is 393 g/mol. The zero-order valence-corrected chi connectivity index (χ0v) is 19.0. The van der Waals surface area contributed by atoms with E-state index in [4.69, 9.17) is 5.73 Å². The molecule has 0 aromatic rings. The van der Waals surface area contributed by atoms with E-state index in [2.05, 4.69) is 27.7 Å². The van der Waals surface area contributed by atoms with Crippen LogP contribution in [0.2, 0.25) is 0 Å². The normalized spacial score (nSPS) is 12.9. The summed E-state index contributed by atoms with van der Waals surface area (Å²) in [5.41, 5.74) is 7.11. The number of unbranched alkanes of at least 4 members (excludes halogenated alkanes) is 7. The van der Waals surface area contributed by atoms with Crippen molar-refractivity contribution in [2.24, 2.45) is 11.7 Å². The SMILES string of the molecule is CCCCCCCC(CCCC)C(N)(CCCC)CCCC.I. The van der Waals surface area contributed by atoms with Crippen LogP contribution in [0.3, 0.4) is 0 Å². The van der Waals surface area contributed by atoms with Gasteiger partial charge in [-0.15, -0.1) is 24.0 Å². The van der Waals surface area contributed by atoms with Gasteiger partial charge >= 0.3 is 0 Å². The molecule has 23 heavy (non-hydrogen) atoms. The van der Waals surface area contributed by atoms with Crippen LogP contribution in [-0.4, -0.2) is 5.54 Å². The first-order valence-corrected chi connectivity index (χ1v) is 10.4. The van der Waals surface area contributed by atoms with Gasteiger partial charge in [0.05, 0.1) is 0 Å². The van der Waals surface area contributed by atoms with Crippen molar-refractivity contribution in [1.29, 1.82) is 0 Å². The molecule has 1 atom stereocenters. The summed E-state index contributed by atoms with van der Waals surface area (Å²) in [7, 11) is 0. The summed E-state index contributed by atoms with van der Waals surface area (Å²) in [5.74, 6) is 0.757. The van der Waals surface area contributed by atoms with E-state index in [1.807, 2.05) is 0 Å². The van der Waals surface area contributed by atoms with E-state index < -0.39 is 0 Å². The van der Waals surface area contributed by atoms with Crippen molar-refractivity contribution < 1.29 is 0 Å². The van der Waals surface area contributed by atoms with Crippen LogP contribution >= 0.6 is 24.0 Å². The molecule has 1 nitrogen and oxygen atoms in total. The van der Waals surface area contributed by atoms with Gasteiger partial charge in [0.2, 0.25) is 0 Å². The summed E-state index contributed by atoms with van der Waals surface area (Å²) in [5, 5.41) is 0. The number of hydrogen-bond acceptors (Lipinski definition) is 1. The van der Waals surface area contributed by atoms with Crippen molar-refractivity contribution in [3.63, 3.8) is 0 Å². The Balaban J connectivity index is 0. The van der Waals surface area contributed by atoms with Crippen molar-refractivity contribution in [3.05, 3.63) is 0 Å². The summed E-state index contributed by atoms with van der Waals surface area (Å²) < 4.78 is 0. The molecule has 0 aliphatic rings. The molecule has 0 rings (SSSR count). The Morgan fingerprint density at radius 2 is 1.04 bits per heavy atom. The second-order valence-electron chi connectivity index (χ2n) is 7.48. The minimum atomic E-state index is 0. The van der Waals surface area contributed by atoms with Gasteiger partial charge in [0, 0.05) is 5.54 Å². The Labute approximate surface area is 165 Å². The Morgan fingerprint density at radius 3 is 1.52 bits per heavy atom. The number of halogens is 1. The van der Waals surface area contributed by atoms with Gasteiger partial charge in [-0.05, 0) is 31.6 Å². The molecule has 1 unspecified atom stereocenters. The lowest BCUT2D eigenvalue weighted by atomic mass is 9.72. The predicted octanol–water partition coefficient (Wildman–Crippen LogP) is 7.85. The van der Waals surface area contributed by atoms with Crippen molar-refractivity contribution >= 4 is 24.0 Å². The van der Waals surface area contributed by atoms with E-state index in [0.29, 0.717) is 0 Å². The highest BCUT2D eigenvalue weighted by molar-refractivity contribution is 14.0. The molecule has 0 aliphatic carbocycles. The average molecular weight is 440 g/mol. The first-order chi connectivity index (χ1) is 10.6. The molecule has 0 saturated heterocycles. The fraction of sp³-hybridized carbons (Fsp3) is 1.00. The topological polar surface area (TPSA) is 26.0 Å². The fourth-order valence-electron chi connectivity index (χ4n) is 3.71. The second-order valence-corrected chi connectivity index (χ2v) is 7.48. The van der Waals surface area contributed by atoms with Crippen LogP contribution in [0.4, 0.5) is 0 Å². The van der Waals surface area contributed by atoms with Crippen LogP contribution < -0.4 is 5.73 Å². The Morgan fingerprint density at radius 1 is 0.609 bits per heavy atom. The molecule has 2 heteroatoms. The van der Waals surface area contributed by atoms with Crippen LogP contribution in [0, 0.1) is 5.92 Å². The second kappa shape index (κ2) is 17.5. The van der Waals surface area contributed by atoms with Gasteiger partial charge in [0.25, 0.3) is 0 Å². The van der Waals surface area contributed by atoms with Crippen LogP contribution in [-0.2, 0) is 0 Å². The van der Waals surface area contributed by atoms with Crippen molar-refractivity contribution in [3.8, 4) is 0 Å². The number of hydrogen-bond donors (Lipinski definition) is 1. The quantitative estimate of drug-likeness (QED) is 0.192. The van der Waals surface area contributed by atoms with Gasteiger partial charge in [-0.25, -0.2) is 0 Å². The monoisotopic (exact) mass is 439 g/mol. The molecule has 0 aromatic heterocycles. The van der Waals surface area contributed by atoms with Gasteiger partial charge in [-0.1, -0.05) is 98.3 Å². The highest BCUT2D eigenvalue weighted by atomic mass is 127. The third kappa shape index (κ3) is 12.7. The minimum Gasteiger partial charge on any atom is -0.325 e. The highest BCUT2D eigenvalue weighted by Gasteiger charge is 2.32. The molecule has 0 aromatic carbocycles. The van der Waals surface area contributed by atoms with E-state index in [0.717, 1.165) is 5.92 Å². The van der Waals surface area contributed by atoms with Gasteiger partial charge in [-0.2, -0.15) is 0 Å². The molecule has 0 spiro atoms. The maximum Gasteiger partial charge on any atom is 0.0182 e. The molecule has 0 fully saturated rings. The third-order valence-electron chi connectivity index (χ3n) is 5.37. The van der Waals surface area contributed by atoms with Crippen molar-refractivity contribution in [2.45, 2.75) is 130 Å². The lowest BCUT2D eigenvalue weighted by Gasteiger charge is -2.38. The first-order valence-electron chi connectivity index (χ1n) is 10.4. The average Bonchev–Trinajstić information content (AvgIpc) is 2.53. The van der Waals surface area contributed by atoms with Crippen LogP contribution in [0.1, 0.15) is 124 Å². The first kappa shape index (κ1) is 25.9. The van der Waals surface area contributed by atoms with E-state index in [1.54, 1.807) is 0 Å². The van der Waals surface area contributed by atoms with Crippen LogP contribution in [0.15, 0.2) is 0 Å². The van der Waals surface area contributed by atoms with E-state index in [1.165, 1.54) is 96.3 Å². The maximum absolute atomic E-state index is 7.00. The van der Waals surface area contributed by atoms with Crippen LogP contribution in [0.5, 0.6) is 0 Å². The van der Waals surface area contributed by atoms with E-state index in [-0.39, 0.29) is 29.5 Å². The van der Waals surface area contributed by atoms with Crippen molar-refractivity contribution in [2.75, 3.05) is 0 Å². The smallest absolute Gasteiger partial charge is 0.0182 e. The summed E-state index contributed by atoms with van der Waals surface area (Å²) in [6.45, 7) is 9.21. The summed E-state index contributed by atoms with van der Waals surface area (Å²) in [6, 6.07) is 0. The largest absolute Gasteiger partial charge is 0.325 e. The summed E-state index contributed by atoms with van der Waals surface area (Å²) in [4.78, 5) is 0. The van der Waals surface area contributed by atoms with Gasteiger partial charge < -0.3 is 5.73 Å². The molecule has 0 saturated carbocycles. The Kier molecular flexibility index (Phi) is 19.7. The van der Waals surface area contributed by atoms with Crippen LogP contribution in [0.25, 0.3) is 0 Å². The zero-order chi connectivity index (χ0) is 16.7. The lowest BCUT2D eigenvalue weighted by Crippen LogP contribution is -2.47. The Bertz CT molecular complexity index is 222. The van der Waals surface area contributed by atoms with Gasteiger partial charge in [0.15, 0.2) is 0 Å². The standard InChI is InChI=1S/C21H45N.HI/c1-5-9-13-14-15-17-20(16-10-6-2)21(22,18-11-7-3)19-12-8-4;/h20H,5-19,22H2,1-4H3;1H. The van der Waals surface area contributed by atoms with Gasteiger partial charge in [-0.3, -0.25) is 0 Å². The molecule has 0 radical (unpaired) electrons. The number of nitrogens with two attached hydrogens (primary N) is 1. The Hall–Kier alpha value is 0.690. The van der Waals surface area contributed by atoms with E-state index in [9.17, 15) is 0 Å². The number of rotatable bonds is 16. The van der Waals surface area contributed by atoms with E-state index >= 15 is 0 Å². The molecule has 0 amide bonds.